The van der Waals surface area contributed by atoms with E-state index in [4.69, 9.17) is 12.2 Å². The van der Waals surface area contributed by atoms with Crippen LogP contribution >= 0.6 is 12.2 Å². The van der Waals surface area contributed by atoms with Crippen LogP contribution in [-0.4, -0.2) is 24.8 Å². The summed E-state index contributed by atoms with van der Waals surface area (Å²) in [5, 5.41) is 14.7. The predicted octanol–water partition coefficient (Wildman–Crippen LogP) is 1.85. The first-order chi connectivity index (χ1) is 7.86. The Bertz CT molecular complexity index is 685. The van der Waals surface area contributed by atoms with E-state index >= 15 is 0 Å². The number of nitrogens with one attached hydrogen (secondary N) is 1. The van der Waals surface area contributed by atoms with Gasteiger partial charge in [0.15, 0.2) is 11.5 Å². The molecule has 2 aromatic heterocycles. The van der Waals surface area contributed by atoms with E-state index in [1.165, 1.54) is 0 Å². The number of hydrogen-bond acceptors (Lipinski definition) is 4. The summed E-state index contributed by atoms with van der Waals surface area (Å²) in [5.74, 6) is 0.722. The van der Waals surface area contributed by atoms with E-state index in [1.54, 1.807) is 10.6 Å². The Balaban J connectivity index is 2.38. The Kier molecular flexibility index (Phi) is 2.00. The summed E-state index contributed by atoms with van der Waals surface area (Å²) in [6, 6.07) is 9.78. The molecule has 0 saturated carbocycles. The molecule has 3 rings (SSSR count). The summed E-state index contributed by atoms with van der Waals surface area (Å²) in [5.41, 5.74) is 1.61. The first-order valence-corrected chi connectivity index (χ1v) is 5.11. The summed E-state index contributed by atoms with van der Waals surface area (Å²) in [4.78, 5) is 0. The molecule has 5 nitrogen and oxygen atoms in total. The van der Waals surface area contributed by atoms with Gasteiger partial charge in [0.05, 0.1) is 6.20 Å². The number of H-pyrrole nitrogens is 1. The molecular formula is C10H7N5S. The lowest BCUT2D eigenvalue weighted by atomic mass is 10.2. The Morgan fingerprint density at radius 2 is 1.94 bits per heavy atom. The number of fused-ring (bicyclic) bond motifs is 1. The fourth-order valence-corrected chi connectivity index (χ4v) is 1.78. The van der Waals surface area contributed by atoms with Crippen molar-refractivity contribution in [3.05, 3.63) is 41.3 Å². The van der Waals surface area contributed by atoms with Gasteiger partial charge in [0, 0.05) is 5.56 Å². The van der Waals surface area contributed by atoms with E-state index in [1.807, 2.05) is 30.3 Å². The number of hydrogen-bond donors (Lipinski definition) is 1. The summed E-state index contributed by atoms with van der Waals surface area (Å²) >= 11 is 5.16. The molecule has 0 atom stereocenters. The second-order valence-electron chi connectivity index (χ2n) is 3.26. The Hall–Kier alpha value is -2.08. The lowest BCUT2D eigenvalue weighted by molar-refractivity contribution is 0.924. The Labute approximate surface area is 95.8 Å². The standard InChI is InChI=1S/C10H7N5S/c16-10-14-11-6-8-12-13-9(15(8)10)7-4-2-1-3-5-7/h1-6H,(H,14,16). The van der Waals surface area contributed by atoms with E-state index in [9.17, 15) is 0 Å². The zero-order chi connectivity index (χ0) is 11.0. The number of nitrogens with zero attached hydrogens (tertiary/aromatic N) is 4. The predicted molar refractivity (Wildman–Crippen MR) is 61.4 cm³/mol. The lowest BCUT2D eigenvalue weighted by Crippen LogP contribution is -1.95. The van der Waals surface area contributed by atoms with Gasteiger partial charge in [0.25, 0.3) is 0 Å². The first-order valence-electron chi connectivity index (χ1n) is 4.70. The zero-order valence-electron chi connectivity index (χ0n) is 8.16. The van der Waals surface area contributed by atoms with Crippen LogP contribution in [0.4, 0.5) is 0 Å². The van der Waals surface area contributed by atoms with Crippen LogP contribution in [0.1, 0.15) is 0 Å². The highest BCUT2D eigenvalue weighted by atomic mass is 32.1. The molecule has 1 N–H and O–H groups in total. The second kappa shape index (κ2) is 3.49. The number of benzene rings is 1. The zero-order valence-corrected chi connectivity index (χ0v) is 8.98. The van der Waals surface area contributed by atoms with Crippen LogP contribution in [0.25, 0.3) is 17.0 Å². The van der Waals surface area contributed by atoms with E-state index in [0.717, 1.165) is 11.4 Å². The van der Waals surface area contributed by atoms with Crippen LogP contribution in [0, 0.1) is 4.77 Å². The van der Waals surface area contributed by atoms with Crippen molar-refractivity contribution in [1.29, 1.82) is 0 Å². The van der Waals surface area contributed by atoms with Crippen molar-refractivity contribution in [1.82, 2.24) is 24.8 Å². The van der Waals surface area contributed by atoms with Crippen LogP contribution in [0.2, 0.25) is 0 Å². The quantitative estimate of drug-likeness (QED) is 0.647. The van der Waals surface area contributed by atoms with E-state index in [0.29, 0.717) is 10.4 Å². The van der Waals surface area contributed by atoms with Crippen molar-refractivity contribution < 1.29 is 0 Å². The van der Waals surface area contributed by atoms with Crippen LogP contribution in [0.5, 0.6) is 0 Å². The minimum atomic E-state index is 0.487. The molecule has 0 aliphatic carbocycles. The highest BCUT2D eigenvalue weighted by molar-refractivity contribution is 7.71. The van der Waals surface area contributed by atoms with Gasteiger partial charge >= 0.3 is 0 Å². The highest BCUT2D eigenvalue weighted by Crippen LogP contribution is 2.16. The fraction of sp³-hybridized carbons (Fsp3) is 0. The molecule has 0 spiro atoms. The van der Waals surface area contributed by atoms with Gasteiger partial charge in [-0.3, -0.25) is 5.10 Å². The maximum Gasteiger partial charge on any atom is 0.201 e. The largest absolute Gasteiger partial charge is 0.253 e. The van der Waals surface area contributed by atoms with Crippen LogP contribution in [0.3, 0.4) is 0 Å². The van der Waals surface area contributed by atoms with Crippen LogP contribution < -0.4 is 0 Å². The topological polar surface area (TPSA) is 58.9 Å². The average molecular weight is 229 g/mol. The third-order valence-corrected chi connectivity index (χ3v) is 2.54. The average Bonchev–Trinajstić information content (AvgIpc) is 2.75. The second-order valence-corrected chi connectivity index (χ2v) is 3.65. The van der Waals surface area contributed by atoms with E-state index in [-0.39, 0.29) is 0 Å². The maximum absolute atomic E-state index is 5.16. The van der Waals surface area contributed by atoms with Gasteiger partial charge in [-0.1, -0.05) is 30.3 Å². The molecule has 6 heteroatoms. The van der Waals surface area contributed by atoms with Gasteiger partial charge in [-0.2, -0.15) is 5.10 Å². The summed E-state index contributed by atoms with van der Waals surface area (Å²) in [6.07, 6.45) is 1.59. The van der Waals surface area contributed by atoms with Crippen molar-refractivity contribution in [2.75, 3.05) is 0 Å². The van der Waals surface area contributed by atoms with Gasteiger partial charge < -0.3 is 0 Å². The molecule has 16 heavy (non-hydrogen) atoms. The van der Waals surface area contributed by atoms with E-state index in [2.05, 4.69) is 20.4 Å². The van der Waals surface area contributed by atoms with Gasteiger partial charge in [0.1, 0.15) is 0 Å². The van der Waals surface area contributed by atoms with Gasteiger partial charge in [0.2, 0.25) is 4.77 Å². The van der Waals surface area contributed by atoms with Crippen molar-refractivity contribution in [3.8, 4) is 11.4 Å². The number of aromatic nitrogens is 5. The normalized spacial score (nSPS) is 10.8. The molecule has 0 unspecified atom stereocenters. The third kappa shape index (κ3) is 1.31. The maximum atomic E-state index is 5.16. The van der Waals surface area contributed by atoms with E-state index < -0.39 is 0 Å². The van der Waals surface area contributed by atoms with Crippen molar-refractivity contribution in [2.45, 2.75) is 0 Å². The van der Waals surface area contributed by atoms with Gasteiger partial charge in [-0.25, -0.2) is 4.40 Å². The first kappa shape index (κ1) is 9.17. The molecule has 0 amide bonds. The number of aromatic amines is 1. The van der Waals surface area contributed by atoms with Crippen molar-refractivity contribution in [2.24, 2.45) is 0 Å². The molecule has 0 saturated heterocycles. The molecular weight excluding hydrogens is 222 g/mol. The van der Waals surface area contributed by atoms with Crippen molar-refractivity contribution in [3.63, 3.8) is 0 Å². The Morgan fingerprint density at radius 1 is 1.12 bits per heavy atom. The monoisotopic (exact) mass is 229 g/mol. The van der Waals surface area contributed by atoms with Crippen molar-refractivity contribution >= 4 is 17.9 Å². The Morgan fingerprint density at radius 3 is 2.75 bits per heavy atom. The lowest BCUT2D eigenvalue weighted by Gasteiger charge is -1.98. The molecule has 0 aliphatic heterocycles. The summed E-state index contributed by atoms with van der Waals surface area (Å²) < 4.78 is 2.25. The highest BCUT2D eigenvalue weighted by Gasteiger charge is 2.08. The molecule has 0 radical (unpaired) electrons. The SMILES string of the molecule is S=c1[nH]ncc2nnc(-c3ccccc3)n12. The summed E-state index contributed by atoms with van der Waals surface area (Å²) in [6.45, 7) is 0. The van der Waals surface area contributed by atoms with Crippen LogP contribution in [0.15, 0.2) is 36.5 Å². The number of rotatable bonds is 1. The van der Waals surface area contributed by atoms with Gasteiger partial charge in [-0.15, -0.1) is 10.2 Å². The van der Waals surface area contributed by atoms with Crippen LogP contribution in [-0.2, 0) is 0 Å². The minimum Gasteiger partial charge on any atom is -0.253 e. The van der Waals surface area contributed by atoms with Gasteiger partial charge in [-0.05, 0) is 12.2 Å². The third-order valence-electron chi connectivity index (χ3n) is 2.26. The minimum absolute atomic E-state index is 0.487. The molecule has 0 fully saturated rings. The molecule has 3 aromatic rings. The fourth-order valence-electron chi connectivity index (χ4n) is 1.55. The smallest absolute Gasteiger partial charge is 0.201 e. The molecule has 1 aromatic carbocycles. The molecule has 0 aliphatic rings. The molecule has 0 bridgehead atoms. The summed E-state index contributed by atoms with van der Waals surface area (Å²) in [7, 11) is 0. The molecule has 2 heterocycles. The molecule has 78 valence electrons.